The van der Waals surface area contributed by atoms with E-state index in [1.54, 1.807) is 23.4 Å². The van der Waals surface area contributed by atoms with Crippen LogP contribution in [0.5, 0.6) is 0 Å². The van der Waals surface area contributed by atoms with Crippen molar-refractivity contribution in [3.8, 4) is 0 Å². The SMILES string of the molecule is C[C@H](C(=O)O)c1ccc(SN2Cc3ccccc3C2=O)cc1. The molecule has 0 saturated heterocycles. The molecule has 1 aliphatic rings. The van der Waals surface area contributed by atoms with Gasteiger partial charge in [-0.25, -0.2) is 0 Å². The molecule has 3 rings (SSSR count). The summed E-state index contributed by atoms with van der Waals surface area (Å²) in [6, 6.07) is 14.9. The average molecular weight is 313 g/mol. The number of hydrogen-bond acceptors (Lipinski definition) is 3. The number of carbonyl (C=O) groups excluding carboxylic acids is 1. The van der Waals surface area contributed by atoms with Gasteiger partial charge >= 0.3 is 5.97 Å². The van der Waals surface area contributed by atoms with Crippen molar-refractivity contribution in [2.45, 2.75) is 24.3 Å². The summed E-state index contributed by atoms with van der Waals surface area (Å²) in [4.78, 5) is 24.2. The van der Waals surface area contributed by atoms with Crippen molar-refractivity contribution in [1.82, 2.24) is 4.31 Å². The van der Waals surface area contributed by atoms with Gasteiger partial charge < -0.3 is 5.11 Å². The van der Waals surface area contributed by atoms with E-state index in [-0.39, 0.29) is 5.91 Å². The van der Waals surface area contributed by atoms with E-state index in [2.05, 4.69) is 0 Å². The number of rotatable bonds is 4. The lowest BCUT2D eigenvalue weighted by molar-refractivity contribution is -0.138. The van der Waals surface area contributed by atoms with Crippen LogP contribution < -0.4 is 0 Å². The first-order valence-corrected chi connectivity index (χ1v) is 7.74. The summed E-state index contributed by atoms with van der Waals surface area (Å²) >= 11 is 1.38. The molecule has 1 heterocycles. The number of carboxylic acids is 1. The molecule has 5 heteroatoms. The lowest BCUT2D eigenvalue weighted by Crippen LogP contribution is -2.15. The van der Waals surface area contributed by atoms with Gasteiger partial charge in [-0.05, 0) is 48.2 Å². The first-order chi connectivity index (χ1) is 10.6. The van der Waals surface area contributed by atoms with Crippen LogP contribution in [0.3, 0.4) is 0 Å². The number of nitrogens with zero attached hydrogens (tertiary/aromatic N) is 1. The molecule has 1 atom stereocenters. The van der Waals surface area contributed by atoms with Crippen molar-refractivity contribution >= 4 is 23.8 Å². The molecule has 1 amide bonds. The van der Waals surface area contributed by atoms with Crippen LogP contribution in [0.15, 0.2) is 53.4 Å². The van der Waals surface area contributed by atoms with Crippen LogP contribution >= 0.6 is 11.9 Å². The molecule has 0 radical (unpaired) electrons. The van der Waals surface area contributed by atoms with Crippen molar-refractivity contribution in [1.29, 1.82) is 0 Å². The minimum atomic E-state index is -0.842. The Morgan fingerprint density at radius 1 is 1.18 bits per heavy atom. The normalized spacial score (nSPS) is 14.8. The van der Waals surface area contributed by atoms with Gasteiger partial charge in [-0.2, -0.15) is 0 Å². The highest BCUT2D eigenvalue weighted by atomic mass is 32.2. The number of fused-ring (bicyclic) bond motifs is 1. The maximum absolute atomic E-state index is 12.3. The second kappa shape index (κ2) is 5.85. The number of benzene rings is 2. The van der Waals surface area contributed by atoms with Gasteiger partial charge in [0, 0.05) is 10.5 Å². The first kappa shape index (κ1) is 14.7. The number of amides is 1. The van der Waals surface area contributed by atoms with E-state index in [1.807, 2.05) is 36.4 Å². The zero-order valence-electron chi connectivity index (χ0n) is 12.0. The molecule has 2 aromatic carbocycles. The van der Waals surface area contributed by atoms with E-state index in [1.165, 1.54) is 11.9 Å². The monoisotopic (exact) mass is 313 g/mol. The third kappa shape index (κ3) is 2.72. The van der Waals surface area contributed by atoms with Gasteiger partial charge in [-0.3, -0.25) is 13.9 Å². The Morgan fingerprint density at radius 2 is 1.86 bits per heavy atom. The Kier molecular flexibility index (Phi) is 3.90. The van der Waals surface area contributed by atoms with Crippen molar-refractivity contribution < 1.29 is 14.7 Å². The fourth-order valence-electron chi connectivity index (χ4n) is 2.39. The minimum Gasteiger partial charge on any atom is -0.481 e. The molecule has 2 aromatic rings. The van der Waals surface area contributed by atoms with Crippen molar-refractivity contribution in [2.75, 3.05) is 0 Å². The van der Waals surface area contributed by atoms with Gasteiger partial charge in [-0.15, -0.1) is 0 Å². The van der Waals surface area contributed by atoms with Crippen LogP contribution in [0.4, 0.5) is 0 Å². The number of carboxylic acid groups (broad SMARTS) is 1. The maximum Gasteiger partial charge on any atom is 0.310 e. The highest BCUT2D eigenvalue weighted by molar-refractivity contribution is 7.97. The molecular weight excluding hydrogens is 298 g/mol. The molecule has 4 nitrogen and oxygen atoms in total. The van der Waals surface area contributed by atoms with Gasteiger partial charge in [0.15, 0.2) is 0 Å². The van der Waals surface area contributed by atoms with Crippen LogP contribution in [-0.4, -0.2) is 21.3 Å². The van der Waals surface area contributed by atoms with Crippen molar-refractivity contribution in [3.05, 3.63) is 65.2 Å². The molecule has 1 aliphatic heterocycles. The largest absolute Gasteiger partial charge is 0.481 e. The fraction of sp³-hybridized carbons (Fsp3) is 0.176. The van der Waals surface area contributed by atoms with Crippen molar-refractivity contribution in [2.24, 2.45) is 0 Å². The molecule has 0 spiro atoms. The van der Waals surface area contributed by atoms with E-state index >= 15 is 0 Å². The summed E-state index contributed by atoms with van der Waals surface area (Å²) in [7, 11) is 0. The molecular formula is C17H15NO3S. The molecule has 112 valence electrons. The number of aliphatic carboxylic acids is 1. The summed E-state index contributed by atoms with van der Waals surface area (Å²) < 4.78 is 1.72. The molecule has 1 N–H and O–H groups in total. The summed E-state index contributed by atoms with van der Waals surface area (Å²) in [5.41, 5.74) is 2.55. The summed E-state index contributed by atoms with van der Waals surface area (Å²) in [5.74, 6) is -1.36. The van der Waals surface area contributed by atoms with Gasteiger partial charge in [0.05, 0.1) is 12.5 Å². The molecule has 22 heavy (non-hydrogen) atoms. The molecule has 0 saturated carbocycles. The third-order valence-corrected chi connectivity index (χ3v) is 4.75. The smallest absolute Gasteiger partial charge is 0.310 e. The summed E-state index contributed by atoms with van der Waals surface area (Å²) in [6.07, 6.45) is 0. The average Bonchev–Trinajstić information content (AvgIpc) is 2.84. The lowest BCUT2D eigenvalue weighted by Gasteiger charge is -2.14. The van der Waals surface area contributed by atoms with Crippen LogP contribution in [0.1, 0.15) is 34.3 Å². The first-order valence-electron chi connectivity index (χ1n) is 6.97. The highest BCUT2D eigenvalue weighted by Gasteiger charge is 2.27. The van der Waals surface area contributed by atoms with Crippen LogP contribution in [0.2, 0.25) is 0 Å². The maximum atomic E-state index is 12.3. The van der Waals surface area contributed by atoms with Crippen LogP contribution in [0.25, 0.3) is 0 Å². The molecule has 0 bridgehead atoms. The summed E-state index contributed by atoms with van der Waals surface area (Å²) in [5, 5.41) is 9.01. The Labute approximate surface area is 132 Å². The predicted octanol–water partition coefficient (Wildman–Crippen LogP) is 3.54. The topological polar surface area (TPSA) is 57.6 Å². The fourth-order valence-corrected chi connectivity index (χ4v) is 3.29. The van der Waals surface area contributed by atoms with E-state index in [0.29, 0.717) is 6.54 Å². The standard InChI is InChI=1S/C17H15NO3S/c1-11(17(20)21)12-6-8-14(9-7-12)22-18-10-13-4-2-3-5-15(13)16(18)19/h2-9,11H,10H2,1H3,(H,20,21)/t11-/m0/s1. The van der Waals surface area contributed by atoms with Gasteiger partial charge in [-0.1, -0.05) is 30.3 Å². The second-order valence-corrected chi connectivity index (χ2v) is 6.31. The Hall–Kier alpha value is -2.27. The predicted molar refractivity (Wildman–Crippen MR) is 84.7 cm³/mol. The molecule has 0 unspecified atom stereocenters. The summed E-state index contributed by atoms with van der Waals surface area (Å²) in [6.45, 7) is 2.25. The molecule has 0 fully saturated rings. The highest BCUT2D eigenvalue weighted by Crippen LogP contribution is 2.33. The van der Waals surface area contributed by atoms with Crippen molar-refractivity contribution in [3.63, 3.8) is 0 Å². The third-order valence-electron chi connectivity index (χ3n) is 3.75. The molecule has 0 aliphatic carbocycles. The minimum absolute atomic E-state index is 0.0172. The van der Waals surface area contributed by atoms with E-state index in [0.717, 1.165) is 21.6 Å². The number of hydrogen-bond donors (Lipinski definition) is 1. The molecule has 0 aromatic heterocycles. The van der Waals surface area contributed by atoms with Gasteiger partial charge in [0.1, 0.15) is 0 Å². The quantitative estimate of drug-likeness (QED) is 0.877. The zero-order valence-corrected chi connectivity index (χ0v) is 12.8. The Morgan fingerprint density at radius 3 is 2.50 bits per heavy atom. The zero-order chi connectivity index (χ0) is 15.7. The Bertz CT molecular complexity index is 727. The Balaban J connectivity index is 1.73. The van der Waals surface area contributed by atoms with Crippen LogP contribution in [-0.2, 0) is 11.3 Å². The van der Waals surface area contributed by atoms with Crippen LogP contribution in [0, 0.1) is 0 Å². The lowest BCUT2D eigenvalue weighted by atomic mass is 10.0. The second-order valence-electron chi connectivity index (χ2n) is 5.22. The van der Waals surface area contributed by atoms with Gasteiger partial charge in [0.25, 0.3) is 5.91 Å². The van der Waals surface area contributed by atoms with Gasteiger partial charge in [0.2, 0.25) is 0 Å². The number of carbonyl (C=O) groups is 2. The van der Waals surface area contributed by atoms with E-state index in [9.17, 15) is 9.59 Å². The van der Waals surface area contributed by atoms with E-state index in [4.69, 9.17) is 5.11 Å². The van der Waals surface area contributed by atoms with E-state index < -0.39 is 11.9 Å².